The van der Waals surface area contributed by atoms with E-state index in [0.717, 1.165) is 0 Å². The zero-order valence-electron chi connectivity index (χ0n) is 7.28. The monoisotopic (exact) mass is 212 g/mol. The van der Waals surface area contributed by atoms with Crippen molar-refractivity contribution in [1.82, 2.24) is 0 Å². The summed E-state index contributed by atoms with van der Waals surface area (Å²) in [6.07, 6.45) is -6.71. The van der Waals surface area contributed by atoms with Gasteiger partial charge in [-0.3, -0.25) is 0 Å². The van der Waals surface area contributed by atoms with E-state index in [2.05, 4.69) is 4.94 Å². The smallest absolute Gasteiger partial charge is 0.150 e. The summed E-state index contributed by atoms with van der Waals surface area (Å²) in [7, 11) is 0. The third-order valence-corrected chi connectivity index (χ3v) is 2.20. The summed E-state index contributed by atoms with van der Waals surface area (Å²) in [5, 5.41) is 36.3. The largest absolute Gasteiger partial charge is 0.394 e. The summed E-state index contributed by atoms with van der Waals surface area (Å²) in [6, 6.07) is 0. The van der Waals surface area contributed by atoms with Crippen molar-refractivity contribution in [2.45, 2.75) is 30.5 Å². The molecule has 0 amide bonds. The Morgan fingerprint density at radius 2 is 2.07 bits per heavy atom. The van der Waals surface area contributed by atoms with Gasteiger partial charge in [0.1, 0.15) is 30.5 Å². The van der Waals surface area contributed by atoms with Crippen LogP contribution in [0.2, 0.25) is 0 Å². The lowest BCUT2D eigenvalue weighted by Crippen LogP contribution is -2.57. The minimum atomic E-state index is -1.49. The number of halogens is 1. The van der Waals surface area contributed by atoms with Crippen molar-refractivity contribution >= 4 is 0 Å². The highest BCUT2D eigenvalue weighted by Crippen LogP contribution is 2.20. The summed E-state index contributed by atoms with van der Waals surface area (Å²) >= 11 is 0. The third-order valence-electron chi connectivity index (χ3n) is 2.20. The van der Waals surface area contributed by atoms with Crippen LogP contribution in [-0.2, 0) is 9.68 Å². The van der Waals surface area contributed by atoms with E-state index in [1.165, 1.54) is 0 Å². The van der Waals surface area contributed by atoms with Crippen molar-refractivity contribution in [1.29, 1.82) is 0 Å². The number of ether oxygens (including phenoxy) is 1. The average molecular weight is 212 g/mol. The standard InChI is InChI=1S/C7H13FO6/c8-14-4-2-13-7(3(10)1-9)6(12)5(4)11/h3-7,9-12H,1-2H2. The molecule has 1 fully saturated rings. The first-order valence-corrected chi connectivity index (χ1v) is 4.16. The number of aliphatic hydroxyl groups is 4. The van der Waals surface area contributed by atoms with Crippen molar-refractivity contribution in [2.75, 3.05) is 13.2 Å². The molecule has 0 aromatic heterocycles. The highest BCUT2D eigenvalue weighted by Gasteiger charge is 2.42. The Bertz CT molecular complexity index is 180. The summed E-state index contributed by atoms with van der Waals surface area (Å²) in [4.78, 5) is 3.36. The van der Waals surface area contributed by atoms with Gasteiger partial charge in [0.05, 0.1) is 13.2 Å². The third kappa shape index (κ3) is 2.19. The first kappa shape index (κ1) is 11.8. The van der Waals surface area contributed by atoms with Gasteiger partial charge in [-0.25, -0.2) is 0 Å². The molecule has 1 heterocycles. The quantitative estimate of drug-likeness (QED) is 0.421. The SMILES string of the molecule is OCC(O)C1OCC(OF)C(O)C1O. The van der Waals surface area contributed by atoms with Gasteiger partial charge in [-0.2, -0.15) is 4.94 Å². The summed E-state index contributed by atoms with van der Waals surface area (Å²) in [5.74, 6) is 0. The van der Waals surface area contributed by atoms with Crippen molar-refractivity contribution < 1.29 is 34.6 Å². The van der Waals surface area contributed by atoms with Crippen LogP contribution >= 0.6 is 0 Å². The van der Waals surface area contributed by atoms with Gasteiger partial charge in [-0.1, -0.05) is 0 Å². The molecule has 0 aromatic rings. The molecular formula is C7H13FO6. The second-order valence-electron chi connectivity index (χ2n) is 3.16. The molecule has 14 heavy (non-hydrogen) atoms. The van der Waals surface area contributed by atoms with Crippen LogP contribution in [0.5, 0.6) is 0 Å². The van der Waals surface area contributed by atoms with Gasteiger partial charge in [0.15, 0.2) is 0 Å². The maximum atomic E-state index is 11.7. The molecule has 7 heteroatoms. The van der Waals surface area contributed by atoms with Crippen molar-refractivity contribution in [3.63, 3.8) is 0 Å². The average Bonchev–Trinajstić information content (AvgIpc) is 2.21. The minimum Gasteiger partial charge on any atom is -0.394 e. The molecule has 1 aliphatic rings. The molecule has 0 radical (unpaired) electrons. The predicted molar refractivity (Wildman–Crippen MR) is 40.8 cm³/mol. The maximum Gasteiger partial charge on any atom is 0.150 e. The second-order valence-corrected chi connectivity index (χ2v) is 3.16. The van der Waals surface area contributed by atoms with Crippen LogP contribution < -0.4 is 0 Å². The van der Waals surface area contributed by atoms with Crippen LogP contribution in [0.15, 0.2) is 0 Å². The Balaban J connectivity index is 2.59. The Morgan fingerprint density at radius 3 is 2.57 bits per heavy atom. The topological polar surface area (TPSA) is 99.4 Å². The van der Waals surface area contributed by atoms with Gasteiger partial charge >= 0.3 is 0 Å². The van der Waals surface area contributed by atoms with Crippen molar-refractivity contribution in [3.8, 4) is 0 Å². The molecule has 1 rings (SSSR count). The molecule has 4 N–H and O–H groups in total. The molecule has 1 aliphatic heterocycles. The lowest BCUT2D eigenvalue weighted by Gasteiger charge is -2.37. The molecule has 1 saturated heterocycles. The zero-order chi connectivity index (χ0) is 10.7. The van der Waals surface area contributed by atoms with Gasteiger partial charge < -0.3 is 25.2 Å². The van der Waals surface area contributed by atoms with Crippen LogP contribution in [0.25, 0.3) is 0 Å². The Kier molecular flexibility index (Phi) is 4.17. The van der Waals surface area contributed by atoms with Gasteiger partial charge in [-0.05, 0) is 4.53 Å². The highest BCUT2D eigenvalue weighted by atomic mass is 19.3. The predicted octanol–water partition coefficient (Wildman–Crippen LogP) is -2.27. The molecule has 0 saturated carbocycles. The van der Waals surface area contributed by atoms with Crippen LogP contribution in [0.4, 0.5) is 4.53 Å². The highest BCUT2D eigenvalue weighted by molar-refractivity contribution is 4.90. The maximum absolute atomic E-state index is 11.7. The fourth-order valence-corrected chi connectivity index (χ4v) is 1.34. The van der Waals surface area contributed by atoms with Gasteiger partial charge in [0.2, 0.25) is 0 Å². The number of hydrogen-bond acceptors (Lipinski definition) is 6. The van der Waals surface area contributed by atoms with Gasteiger partial charge in [0.25, 0.3) is 0 Å². The van der Waals surface area contributed by atoms with Crippen LogP contribution in [0, 0.1) is 0 Å². The minimum absolute atomic E-state index is 0.295. The molecule has 5 atom stereocenters. The molecule has 5 unspecified atom stereocenters. The summed E-state index contributed by atoms with van der Waals surface area (Å²) < 4.78 is 16.6. The van der Waals surface area contributed by atoms with Gasteiger partial charge in [0, 0.05) is 0 Å². The van der Waals surface area contributed by atoms with E-state index in [1.54, 1.807) is 0 Å². The van der Waals surface area contributed by atoms with E-state index >= 15 is 0 Å². The fraction of sp³-hybridized carbons (Fsp3) is 1.00. The number of aliphatic hydroxyl groups excluding tert-OH is 4. The lowest BCUT2D eigenvalue weighted by atomic mass is 9.97. The van der Waals surface area contributed by atoms with Gasteiger partial charge in [-0.15, -0.1) is 0 Å². The number of rotatable bonds is 3. The van der Waals surface area contributed by atoms with Crippen LogP contribution in [0.3, 0.4) is 0 Å². The summed E-state index contributed by atoms with van der Waals surface area (Å²) in [6.45, 7) is -0.911. The molecule has 0 spiro atoms. The zero-order valence-corrected chi connectivity index (χ0v) is 7.28. The molecule has 6 nitrogen and oxygen atoms in total. The van der Waals surface area contributed by atoms with Crippen LogP contribution in [0.1, 0.15) is 0 Å². The molecule has 84 valence electrons. The van der Waals surface area contributed by atoms with E-state index in [1.807, 2.05) is 0 Å². The molecule has 0 bridgehead atoms. The van der Waals surface area contributed by atoms with E-state index < -0.39 is 37.1 Å². The van der Waals surface area contributed by atoms with E-state index in [4.69, 9.17) is 14.9 Å². The molecule has 0 aliphatic carbocycles. The first-order valence-electron chi connectivity index (χ1n) is 4.16. The first-order chi connectivity index (χ1) is 6.61. The summed E-state index contributed by atoms with van der Waals surface area (Å²) in [5.41, 5.74) is 0. The second kappa shape index (κ2) is 4.96. The lowest BCUT2D eigenvalue weighted by molar-refractivity contribution is -0.284. The normalized spacial score (nSPS) is 40.9. The fourth-order valence-electron chi connectivity index (χ4n) is 1.34. The molecular weight excluding hydrogens is 199 g/mol. The Hall–Kier alpha value is -0.310. The molecule has 0 aromatic carbocycles. The van der Waals surface area contributed by atoms with Crippen molar-refractivity contribution in [3.05, 3.63) is 0 Å². The Morgan fingerprint density at radius 1 is 1.43 bits per heavy atom. The van der Waals surface area contributed by atoms with E-state index in [0.29, 0.717) is 0 Å². The van der Waals surface area contributed by atoms with E-state index in [9.17, 15) is 14.7 Å². The van der Waals surface area contributed by atoms with Crippen molar-refractivity contribution in [2.24, 2.45) is 0 Å². The van der Waals surface area contributed by atoms with E-state index in [-0.39, 0.29) is 6.61 Å². The van der Waals surface area contributed by atoms with Crippen LogP contribution in [-0.4, -0.2) is 64.2 Å². The number of hydrogen-bond donors (Lipinski definition) is 4. The Labute approximate surface area is 79.4 Å².